The molecule has 0 aromatic heterocycles. The first-order valence-corrected chi connectivity index (χ1v) is 6.70. The van der Waals surface area contributed by atoms with E-state index in [9.17, 15) is 13.2 Å². The monoisotopic (exact) mass is 253 g/mol. The van der Waals surface area contributed by atoms with Crippen molar-refractivity contribution in [3.8, 4) is 0 Å². The second kappa shape index (κ2) is 7.59. The van der Waals surface area contributed by atoms with E-state index in [2.05, 4.69) is 4.72 Å². The largest absolute Gasteiger partial charge is 0.481 e. The number of carboxylic acids is 1. The Morgan fingerprint density at radius 2 is 2.12 bits per heavy atom. The van der Waals surface area contributed by atoms with Gasteiger partial charge in [-0.1, -0.05) is 6.92 Å². The van der Waals surface area contributed by atoms with Crippen molar-refractivity contribution in [2.24, 2.45) is 5.92 Å². The first-order chi connectivity index (χ1) is 7.37. The highest BCUT2D eigenvalue weighted by Crippen LogP contribution is 2.01. The molecule has 2 N–H and O–H groups in total. The Balaban J connectivity index is 3.85. The molecule has 0 aliphatic heterocycles. The lowest BCUT2D eigenvalue weighted by Crippen LogP contribution is -2.31. The standard InChI is InChI=1S/C9H19NO5S/c1-8(6-9(11)12)7-10-16(13,14)5-3-4-15-2/h8,10H,3-7H2,1-2H3,(H,11,12). The summed E-state index contributed by atoms with van der Waals surface area (Å²) in [6.07, 6.45) is 0.389. The molecule has 7 heteroatoms. The zero-order valence-electron chi connectivity index (χ0n) is 9.60. The lowest BCUT2D eigenvalue weighted by atomic mass is 10.1. The highest BCUT2D eigenvalue weighted by atomic mass is 32.2. The van der Waals surface area contributed by atoms with Crippen molar-refractivity contribution in [2.45, 2.75) is 19.8 Å². The SMILES string of the molecule is COCCCS(=O)(=O)NCC(C)CC(=O)O. The number of hydrogen-bond acceptors (Lipinski definition) is 4. The molecule has 6 nitrogen and oxygen atoms in total. The topological polar surface area (TPSA) is 92.7 Å². The predicted molar refractivity (Wildman–Crippen MR) is 59.7 cm³/mol. The molecular weight excluding hydrogens is 234 g/mol. The first kappa shape index (κ1) is 15.3. The van der Waals surface area contributed by atoms with Gasteiger partial charge >= 0.3 is 5.97 Å². The zero-order chi connectivity index (χ0) is 12.6. The maximum Gasteiger partial charge on any atom is 0.303 e. The Morgan fingerprint density at radius 1 is 1.50 bits per heavy atom. The van der Waals surface area contributed by atoms with Crippen LogP contribution in [0.3, 0.4) is 0 Å². The van der Waals surface area contributed by atoms with Crippen molar-refractivity contribution >= 4 is 16.0 Å². The van der Waals surface area contributed by atoms with Crippen molar-refractivity contribution in [1.29, 1.82) is 0 Å². The van der Waals surface area contributed by atoms with Crippen molar-refractivity contribution in [2.75, 3.05) is 26.0 Å². The van der Waals surface area contributed by atoms with E-state index in [-0.39, 0.29) is 24.6 Å². The lowest BCUT2D eigenvalue weighted by Gasteiger charge is -2.10. The third-order valence-electron chi connectivity index (χ3n) is 1.94. The van der Waals surface area contributed by atoms with Crippen LogP contribution in [-0.2, 0) is 19.6 Å². The molecule has 0 saturated carbocycles. The Labute approximate surface area is 96.0 Å². The van der Waals surface area contributed by atoms with Crippen LogP contribution in [0.1, 0.15) is 19.8 Å². The van der Waals surface area contributed by atoms with Gasteiger partial charge in [-0.2, -0.15) is 0 Å². The molecule has 0 amide bonds. The van der Waals surface area contributed by atoms with Crippen LogP contribution in [0.4, 0.5) is 0 Å². The molecule has 0 saturated heterocycles. The summed E-state index contributed by atoms with van der Waals surface area (Å²) in [6, 6.07) is 0. The minimum Gasteiger partial charge on any atom is -0.481 e. The van der Waals surface area contributed by atoms with Gasteiger partial charge in [-0.25, -0.2) is 13.1 Å². The Bertz CT molecular complexity index is 301. The number of sulfonamides is 1. The van der Waals surface area contributed by atoms with E-state index < -0.39 is 16.0 Å². The summed E-state index contributed by atoms with van der Waals surface area (Å²) in [5, 5.41) is 8.49. The van der Waals surface area contributed by atoms with E-state index in [1.807, 2.05) is 0 Å². The Hall–Kier alpha value is -0.660. The summed E-state index contributed by atoms with van der Waals surface area (Å²) < 4.78 is 29.9. The number of rotatable bonds is 9. The molecule has 0 heterocycles. The summed E-state index contributed by atoms with van der Waals surface area (Å²) in [6.45, 7) is 2.24. The Kier molecular flexibility index (Phi) is 7.27. The van der Waals surface area contributed by atoms with Crippen LogP contribution in [0.15, 0.2) is 0 Å². The van der Waals surface area contributed by atoms with Gasteiger partial charge in [-0.3, -0.25) is 4.79 Å². The van der Waals surface area contributed by atoms with Crippen LogP contribution < -0.4 is 4.72 Å². The van der Waals surface area contributed by atoms with Gasteiger partial charge in [0.15, 0.2) is 0 Å². The second-order valence-electron chi connectivity index (χ2n) is 3.72. The maximum absolute atomic E-state index is 11.4. The van der Waals surface area contributed by atoms with Crippen LogP contribution in [0.5, 0.6) is 0 Å². The van der Waals surface area contributed by atoms with Crippen LogP contribution >= 0.6 is 0 Å². The number of nitrogens with one attached hydrogen (secondary N) is 1. The lowest BCUT2D eigenvalue weighted by molar-refractivity contribution is -0.137. The Morgan fingerprint density at radius 3 is 2.62 bits per heavy atom. The van der Waals surface area contributed by atoms with Crippen LogP contribution in [0, 0.1) is 5.92 Å². The summed E-state index contributed by atoms with van der Waals surface area (Å²) in [5.41, 5.74) is 0. The molecule has 0 aliphatic carbocycles. The summed E-state index contributed by atoms with van der Waals surface area (Å²) >= 11 is 0. The van der Waals surface area contributed by atoms with Crippen LogP contribution in [-0.4, -0.2) is 45.5 Å². The molecule has 96 valence electrons. The number of methoxy groups -OCH3 is 1. The zero-order valence-corrected chi connectivity index (χ0v) is 10.4. The molecule has 0 radical (unpaired) electrons. The minimum atomic E-state index is -3.31. The smallest absolute Gasteiger partial charge is 0.303 e. The molecule has 0 aliphatic rings. The summed E-state index contributed by atoms with van der Waals surface area (Å²) in [7, 11) is -1.80. The molecule has 1 atom stereocenters. The van der Waals surface area contributed by atoms with Gasteiger partial charge in [0.05, 0.1) is 5.75 Å². The first-order valence-electron chi connectivity index (χ1n) is 5.05. The van der Waals surface area contributed by atoms with Crippen molar-refractivity contribution < 1.29 is 23.1 Å². The van der Waals surface area contributed by atoms with Gasteiger partial charge in [0.1, 0.15) is 0 Å². The summed E-state index contributed by atoms with van der Waals surface area (Å²) in [4.78, 5) is 10.4. The molecule has 0 rings (SSSR count). The molecular formula is C9H19NO5S. The number of ether oxygens (including phenoxy) is 1. The fourth-order valence-corrected chi connectivity index (χ4v) is 2.29. The number of carbonyl (C=O) groups is 1. The minimum absolute atomic E-state index is 0.000626. The quantitative estimate of drug-likeness (QED) is 0.566. The molecule has 0 aromatic carbocycles. The third kappa shape index (κ3) is 8.63. The van der Waals surface area contributed by atoms with E-state index in [4.69, 9.17) is 9.84 Å². The highest BCUT2D eigenvalue weighted by molar-refractivity contribution is 7.89. The second-order valence-corrected chi connectivity index (χ2v) is 5.64. The molecule has 0 fully saturated rings. The fraction of sp³-hybridized carbons (Fsp3) is 0.889. The van der Waals surface area contributed by atoms with Gasteiger partial charge < -0.3 is 9.84 Å². The maximum atomic E-state index is 11.4. The molecule has 1 unspecified atom stereocenters. The van der Waals surface area contributed by atoms with Crippen molar-refractivity contribution in [1.82, 2.24) is 4.72 Å². The normalized spacial score (nSPS) is 13.6. The number of carboxylic acid groups (broad SMARTS) is 1. The van der Waals surface area contributed by atoms with Gasteiger partial charge in [0.25, 0.3) is 0 Å². The third-order valence-corrected chi connectivity index (χ3v) is 3.37. The highest BCUT2D eigenvalue weighted by Gasteiger charge is 2.13. The van der Waals surface area contributed by atoms with Gasteiger partial charge in [-0.15, -0.1) is 0 Å². The number of aliphatic carboxylic acids is 1. The van der Waals surface area contributed by atoms with Gasteiger partial charge in [-0.05, 0) is 12.3 Å². The van der Waals surface area contributed by atoms with Gasteiger partial charge in [0, 0.05) is 26.7 Å². The van der Waals surface area contributed by atoms with Crippen molar-refractivity contribution in [3.63, 3.8) is 0 Å². The van der Waals surface area contributed by atoms with E-state index in [0.29, 0.717) is 13.0 Å². The van der Waals surface area contributed by atoms with Crippen LogP contribution in [0.25, 0.3) is 0 Å². The van der Waals surface area contributed by atoms with Crippen LogP contribution in [0.2, 0.25) is 0 Å². The summed E-state index contributed by atoms with van der Waals surface area (Å²) in [5.74, 6) is -1.14. The average molecular weight is 253 g/mol. The number of hydrogen-bond donors (Lipinski definition) is 2. The van der Waals surface area contributed by atoms with E-state index >= 15 is 0 Å². The fourth-order valence-electron chi connectivity index (χ4n) is 1.10. The molecule has 0 spiro atoms. The van der Waals surface area contributed by atoms with E-state index in [1.165, 1.54) is 7.11 Å². The predicted octanol–water partition coefficient (Wildman–Crippen LogP) is 0.0531. The van der Waals surface area contributed by atoms with E-state index in [1.54, 1.807) is 6.92 Å². The van der Waals surface area contributed by atoms with Gasteiger partial charge in [0.2, 0.25) is 10.0 Å². The molecule has 0 aromatic rings. The molecule has 0 bridgehead atoms. The average Bonchev–Trinajstić information content (AvgIpc) is 2.14. The van der Waals surface area contributed by atoms with E-state index in [0.717, 1.165) is 0 Å². The van der Waals surface area contributed by atoms with Crippen molar-refractivity contribution in [3.05, 3.63) is 0 Å². The molecule has 16 heavy (non-hydrogen) atoms.